The number of amides is 1. The number of benzene rings is 1. The van der Waals surface area contributed by atoms with Gasteiger partial charge in [-0.15, -0.1) is 0 Å². The van der Waals surface area contributed by atoms with Gasteiger partial charge in [0.1, 0.15) is 5.56 Å². The Balaban J connectivity index is 1.95. The molecule has 2 fully saturated rings. The summed E-state index contributed by atoms with van der Waals surface area (Å²) in [6.07, 6.45) is 1.25. The van der Waals surface area contributed by atoms with Crippen LogP contribution in [0.3, 0.4) is 0 Å². The molecule has 96 valence electrons. The summed E-state index contributed by atoms with van der Waals surface area (Å²) in [5.74, 6) is 1.68. The molecule has 0 radical (unpaired) electrons. The lowest BCUT2D eigenvalue weighted by Gasteiger charge is -2.20. The average molecular weight is 286 g/mol. The number of carbonyl (C=O) groups is 1. The SMILES string of the molecule is COc1c(Cl)ccc(Cl)c1C(=O)N1CC2CC2C1. The van der Waals surface area contributed by atoms with E-state index in [1.807, 2.05) is 4.90 Å². The zero-order chi connectivity index (χ0) is 12.9. The molecule has 0 bridgehead atoms. The highest BCUT2D eigenvalue weighted by atomic mass is 35.5. The van der Waals surface area contributed by atoms with Crippen LogP contribution in [0.25, 0.3) is 0 Å². The molecule has 1 saturated carbocycles. The predicted molar refractivity (Wildman–Crippen MR) is 70.5 cm³/mol. The highest BCUT2D eigenvalue weighted by molar-refractivity contribution is 6.37. The number of hydrogen-bond acceptors (Lipinski definition) is 2. The lowest BCUT2D eigenvalue weighted by atomic mass is 10.1. The Hall–Kier alpha value is -0.930. The van der Waals surface area contributed by atoms with Crippen molar-refractivity contribution in [2.24, 2.45) is 11.8 Å². The zero-order valence-electron chi connectivity index (χ0n) is 9.95. The number of fused-ring (bicyclic) bond motifs is 1. The van der Waals surface area contributed by atoms with Crippen molar-refractivity contribution in [2.45, 2.75) is 6.42 Å². The number of hydrogen-bond donors (Lipinski definition) is 0. The van der Waals surface area contributed by atoms with E-state index in [0.717, 1.165) is 13.1 Å². The summed E-state index contributed by atoms with van der Waals surface area (Å²) >= 11 is 12.2. The van der Waals surface area contributed by atoms with Crippen LogP contribution in [0.2, 0.25) is 10.0 Å². The van der Waals surface area contributed by atoms with Gasteiger partial charge < -0.3 is 9.64 Å². The van der Waals surface area contributed by atoms with E-state index in [9.17, 15) is 4.79 Å². The first-order chi connectivity index (χ1) is 8.61. The van der Waals surface area contributed by atoms with E-state index >= 15 is 0 Å². The summed E-state index contributed by atoms with van der Waals surface area (Å²) in [4.78, 5) is 14.3. The molecule has 3 rings (SSSR count). The van der Waals surface area contributed by atoms with E-state index in [1.165, 1.54) is 13.5 Å². The van der Waals surface area contributed by atoms with Crippen molar-refractivity contribution in [3.8, 4) is 5.75 Å². The molecular weight excluding hydrogens is 273 g/mol. The zero-order valence-corrected chi connectivity index (χ0v) is 11.5. The Bertz CT molecular complexity index is 508. The van der Waals surface area contributed by atoms with Crippen LogP contribution in [-0.2, 0) is 0 Å². The van der Waals surface area contributed by atoms with Crippen molar-refractivity contribution < 1.29 is 9.53 Å². The molecule has 1 heterocycles. The molecule has 5 heteroatoms. The minimum atomic E-state index is -0.0773. The van der Waals surface area contributed by atoms with Crippen LogP contribution in [0.5, 0.6) is 5.75 Å². The molecule has 1 saturated heterocycles. The first-order valence-corrected chi connectivity index (χ1v) is 6.68. The fourth-order valence-corrected chi connectivity index (χ4v) is 3.12. The van der Waals surface area contributed by atoms with Gasteiger partial charge >= 0.3 is 0 Å². The standard InChI is InChI=1S/C13H13Cl2NO2/c1-18-12-10(15)3-2-9(14)11(12)13(17)16-5-7-4-8(7)6-16/h2-3,7-8H,4-6H2,1H3. The van der Waals surface area contributed by atoms with Gasteiger partial charge in [-0.3, -0.25) is 4.79 Å². The summed E-state index contributed by atoms with van der Waals surface area (Å²) in [7, 11) is 1.50. The van der Waals surface area contributed by atoms with E-state index < -0.39 is 0 Å². The van der Waals surface area contributed by atoms with Crippen LogP contribution >= 0.6 is 23.2 Å². The molecule has 0 aromatic heterocycles. The maximum Gasteiger partial charge on any atom is 0.259 e. The highest BCUT2D eigenvalue weighted by Crippen LogP contribution is 2.46. The predicted octanol–water partition coefficient (Wildman–Crippen LogP) is 3.09. The number of carbonyl (C=O) groups excluding carboxylic acids is 1. The van der Waals surface area contributed by atoms with Crippen LogP contribution in [-0.4, -0.2) is 31.0 Å². The molecule has 1 aromatic carbocycles. The minimum absolute atomic E-state index is 0.0773. The number of likely N-dealkylation sites (tertiary alicyclic amines) is 1. The largest absolute Gasteiger partial charge is 0.494 e. The quantitative estimate of drug-likeness (QED) is 0.836. The molecule has 1 aliphatic carbocycles. The summed E-state index contributed by atoms with van der Waals surface area (Å²) in [6.45, 7) is 1.66. The maximum absolute atomic E-state index is 12.5. The fraction of sp³-hybridized carbons (Fsp3) is 0.462. The van der Waals surface area contributed by atoms with Crippen LogP contribution in [0.1, 0.15) is 16.8 Å². The van der Waals surface area contributed by atoms with Gasteiger partial charge in [0.05, 0.1) is 17.2 Å². The summed E-state index contributed by atoms with van der Waals surface area (Å²) in [6, 6.07) is 3.28. The highest BCUT2D eigenvalue weighted by Gasteiger charge is 2.47. The van der Waals surface area contributed by atoms with Crippen molar-refractivity contribution in [3.63, 3.8) is 0 Å². The van der Waals surface area contributed by atoms with E-state index in [2.05, 4.69) is 0 Å². The Kier molecular flexibility index (Phi) is 2.91. The second-order valence-electron chi connectivity index (χ2n) is 4.90. The molecule has 3 nitrogen and oxygen atoms in total. The number of piperidine rings is 1. The van der Waals surface area contributed by atoms with Crippen LogP contribution < -0.4 is 4.74 Å². The topological polar surface area (TPSA) is 29.5 Å². The second kappa shape index (κ2) is 4.32. The van der Waals surface area contributed by atoms with Crippen LogP contribution in [0.4, 0.5) is 0 Å². The van der Waals surface area contributed by atoms with Crippen molar-refractivity contribution in [3.05, 3.63) is 27.7 Å². The van der Waals surface area contributed by atoms with Gasteiger partial charge in [-0.1, -0.05) is 23.2 Å². The third kappa shape index (κ3) is 1.86. The van der Waals surface area contributed by atoms with Gasteiger partial charge in [0.2, 0.25) is 0 Å². The normalized spacial score (nSPS) is 24.9. The molecule has 18 heavy (non-hydrogen) atoms. The molecule has 2 atom stereocenters. The number of methoxy groups -OCH3 is 1. The van der Waals surface area contributed by atoms with Gasteiger partial charge in [-0.25, -0.2) is 0 Å². The van der Waals surface area contributed by atoms with Crippen LogP contribution in [0, 0.1) is 11.8 Å². The number of nitrogens with zero attached hydrogens (tertiary/aromatic N) is 1. The lowest BCUT2D eigenvalue weighted by Crippen LogP contribution is -2.30. The molecular formula is C13H13Cl2NO2. The smallest absolute Gasteiger partial charge is 0.259 e. The van der Waals surface area contributed by atoms with Gasteiger partial charge in [-0.2, -0.15) is 0 Å². The van der Waals surface area contributed by atoms with E-state index in [1.54, 1.807) is 12.1 Å². The molecule has 0 N–H and O–H groups in total. The summed E-state index contributed by atoms with van der Waals surface area (Å²) < 4.78 is 5.21. The first-order valence-electron chi connectivity index (χ1n) is 5.93. The molecule has 1 aliphatic heterocycles. The van der Waals surface area contributed by atoms with E-state index in [-0.39, 0.29) is 5.91 Å². The second-order valence-corrected chi connectivity index (χ2v) is 5.72. The average Bonchev–Trinajstić information content (AvgIpc) is 2.97. The Morgan fingerprint density at radius 3 is 2.50 bits per heavy atom. The Morgan fingerprint density at radius 2 is 1.89 bits per heavy atom. The third-order valence-electron chi connectivity index (χ3n) is 3.74. The van der Waals surface area contributed by atoms with E-state index in [0.29, 0.717) is 33.2 Å². The molecule has 0 spiro atoms. The lowest BCUT2D eigenvalue weighted by molar-refractivity contribution is 0.0772. The van der Waals surface area contributed by atoms with Crippen molar-refractivity contribution in [1.29, 1.82) is 0 Å². The molecule has 1 amide bonds. The Morgan fingerprint density at radius 1 is 1.28 bits per heavy atom. The molecule has 1 aromatic rings. The number of rotatable bonds is 2. The van der Waals surface area contributed by atoms with Crippen LogP contribution in [0.15, 0.2) is 12.1 Å². The Labute approximate surface area is 116 Å². The first kappa shape index (κ1) is 12.1. The van der Waals surface area contributed by atoms with E-state index in [4.69, 9.17) is 27.9 Å². The van der Waals surface area contributed by atoms with Gasteiger partial charge in [0.15, 0.2) is 5.75 Å². The maximum atomic E-state index is 12.5. The number of halogens is 2. The van der Waals surface area contributed by atoms with Gasteiger partial charge in [-0.05, 0) is 30.4 Å². The fourth-order valence-electron chi connectivity index (χ4n) is 2.65. The van der Waals surface area contributed by atoms with Crippen molar-refractivity contribution in [2.75, 3.05) is 20.2 Å². The molecule has 2 aliphatic rings. The summed E-state index contributed by atoms with van der Waals surface area (Å²) in [5.41, 5.74) is 0.382. The van der Waals surface area contributed by atoms with Gasteiger partial charge in [0.25, 0.3) is 5.91 Å². The summed E-state index contributed by atoms with van der Waals surface area (Å²) in [5, 5.41) is 0.802. The van der Waals surface area contributed by atoms with Crippen molar-refractivity contribution >= 4 is 29.1 Å². The van der Waals surface area contributed by atoms with Crippen molar-refractivity contribution in [1.82, 2.24) is 4.90 Å². The third-order valence-corrected chi connectivity index (χ3v) is 4.36. The van der Waals surface area contributed by atoms with Gasteiger partial charge in [0, 0.05) is 13.1 Å². The minimum Gasteiger partial charge on any atom is -0.494 e. The number of ether oxygens (including phenoxy) is 1. The molecule has 2 unspecified atom stereocenters. The monoisotopic (exact) mass is 285 g/mol.